The molecule has 4 heteroatoms. The molecule has 1 atom stereocenters. The Kier molecular flexibility index (Phi) is 5.82. The van der Waals surface area contributed by atoms with Crippen molar-refractivity contribution in [2.75, 3.05) is 0 Å². The third-order valence-corrected chi connectivity index (χ3v) is 4.50. The number of ketones is 1. The minimum absolute atomic E-state index is 0.0482. The molecule has 0 aromatic heterocycles. The molecule has 3 nitrogen and oxygen atoms in total. The van der Waals surface area contributed by atoms with Crippen molar-refractivity contribution in [1.82, 2.24) is 0 Å². The Morgan fingerprint density at radius 3 is 2.04 bits per heavy atom. The smallest absolute Gasteiger partial charge is 0.176 e. The SMILES string of the molecule is N/N=C(/Cc1ccccc1)C(C(=O)c1ccc(Cl)cc1)c1ccccc1. The number of benzene rings is 3. The van der Waals surface area contributed by atoms with Gasteiger partial charge in [-0.15, -0.1) is 0 Å². The molecule has 0 fully saturated rings. The first-order valence-corrected chi connectivity index (χ1v) is 8.72. The van der Waals surface area contributed by atoms with Crippen molar-refractivity contribution in [3.8, 4) is 0 Å². The topological polar surface area (TPSA) is 55.4 Å². The molecule has 130 valence electrons. The third kappa shape index (κ3) is 4.19. The third-order valence-electron chi connectivity index (χ3n) is 4.25. The predicted molar refractivity (Wildman–Crippen MR) is 107 cm³/mol. The fourth-order valence-corrected chi connectivity index (χ4v) is 3.07. The lowest BCUT2D eigenvalue weighted by atomic mass is 9.84. The molecule has 3 aromatic rings. The summed E-state index contributed by atoms with van der Waals surface area (Å²) in [5, 5.41) is 4.59. The molecule has 0 amide bonds. The van der Waals surface area contributed by atoms with Gasteiger partial charge in [-0.05, 0) is 35.4 Å². The van der Waals surface area contributed by atoms with Crippen LogP contribution in [0.15, 0.2) is 90.0 Å². The number of Topliss-reactive ketones (excluding diaryl/α,β-unsaturated/α-hetero) is 1. The lowest BCUT2D eigenvalue weighted by molar-refractivity contribution is 0.0982. The molecular formula is C22H19ClN2O. The minimum atomic E-state index is -0.539. The Morgan fingerprint density at radius 2 is 1.46 bits per heavy atom. The van der Waals surface area contributed by atoms with E-state index in [2.05, 4.69) is 5.10 Å². The van der Waals surface area contributed by atoms with E-state index in [1.807, 2.05) is 60.7 Å². The molecule has 0 saturated heterocycles. The lowest BCUT2D eigenvalue weighted by Gasteiger charge is -2.19. The number of hydrogen-bond donors (Lipinski definition) is 1. The second-order valence-corrected chi connectivity index (χ2v) is 6.43. The van der Waals surface area contributed by atoms with Crippen LogP contribution in [0.3, 0.4) is 0 Å². The molecule has 1 unspecified atom stereocenters. The summed E-state index contributed by atoms with van der Waals surface area (Å²) in [6.07, 6.45) is 0.510. The molecule has 0 spiro atoms. The number of hydrazone groups is 1. The van der Waals surface area contributed by atoms with E-state index in [1.165, 1.54) is 0 Å². The Hall–Kier alpha value is -2.91. The van der Waals surface area contributed by atoms with E-state index in [4.69, 9.17) is 17.4 Å². The van der Waals surface area contributed by atoms with Crippen LogP contribution in [0.2, 0.25) is 5.02 Å². The molecule has 0 aliphatic rings. The average Bonchev–Trinajstić information content (AvgIpc) is 2.69. The van der Waals surface area contributed by atoms with Crippen LogP contribution in [0.1, 0.15) is 27.4 Å². The molecule has 2 N–H and O–H groups in total. The first-order chi connectivity index (χ1) is 12.7. The van der Waals surface area contributed by atoms with Gasteiger partial charge in [-0.2, -0.15) is 5.10 Å². The van der Waals surface area contributed by atoms with Crippen LogP contribution in [0.25, 0.3) is 0 Å². The number of rotatable bonds is 6. The van der Waals surface area contributed by atoms with Crippen molar-refractivity contribution in [3.05, 3.63) is 107 Å². The van der Waals surface area contributed by atoms with Gasteiger partial charge in [0.2, 0.25) is 0 Å². The summed E-state index contributed by atoms with van der Waals surface area (Å²) in [4.78, 5) is 13.3. The highest BCUT2D eigenvalue weighted by Gasteiger charge is 2.27. The Balaban J connectivity index is 2.00. The highest BCUT2D eigenvalue weighted by Crippen LogP contribution is 2.25. The van der Waals surface area contributed by atoms with E-state index >= 15 is 0 Å². The van der Waals surface area contributed by atoms with Gasteiger partial charge in [-0.1, -0.05) is 72.3 Å². The standard InChI is InChI=1S/C22H19ClN2O/c23-19-13-11-18(12-14-19)22(26)21(17-9-5-2-6-10-17)20(25-24)15-16-7-3-1-4-8-16/h1-14,21H,15,24H2/b25-20-. The zero-order valence-corrected chi connectivity index (χ0v) is 14.9. The molecule has 3 aromatic carbocycles. The normalized spacial score (nSPS) is 12.6. The molecule has 26 heavy (non-hydrogen) atoms. The largest absolute Gasteiger partial charge is 0.323 e. The van der Waals surface area contributed by atoms with Gasteiger partial charge >= 0.3 is 0 Å². The summed E-state index contributed by atoms with van der Waals surface area (Å²) < 4.78 is 0. The number of nitrogens with two attached hydrogens (primary N) is 1. The molecule has 0 radical (unpaired) electrons. The van der Waals surface area contributed by atoms with Crippen molar-refractivity contribution in [2.24, 2.45) is 10.9 Å². The highest BCUT2D eigenvalue weighted by molar-refractivity contribution is 6.30. The van der Waals surface area contributed by atoms with Gasteiger partial charge in [0.1, 0.15) is 0 Å². The van der Waals surface area contributed by atoms with Crippen molar-refractivity contribution >= 4 is 23.1 Å². The minimum Gasteiger partial charge on any atom is -0.323 e. The predicted octanol–water partition coefficient (Wildman–Crippen LogP) is 4.86. The second-order valence-electron chi connectivity index (χ2n) is 6.00. The summed E-state index contributed by atoms with van der Waals surface area (Å²) in [5.41, 5.74) is 3.13. The van der Waals surface area contributed by atoms with Crippen LogP contribution < -0.4 is 5.84 Å². The van der Waals surface area contributed by atoms with E-state index in [1.54, 1.807) is 24.3 Å². The Morgan fingerprint density at radius 1 is 0.885 bits per heavy atom. The average molecular weight is 363 g/mol. The molecular weight excluding hydrogens is 344 g/mol. The maximum absolute atomic E-state index is 13.3. The van der Waals surface area contributed by atoms with Crippen LogP contribution in [0.4, 0.5) is 0 Å². The quantitative estimate of drug-likeness (QED) is 0.294. The van der Waals surface area contributed by atoms with Gasteiger partial charge in [-0.25, -0.2) is 0 Å². The van der Waals surface area contributed by atoms with E-state index < -0.39 is 5.92 Å². The molecule has 0 bridgehead atoms. The number of carbonyl (C=O) groups is 1. The van der Waals surface area contributed by atoms with Gasteiger partial charge in [0, 0.05) is 17.0 Å². The van der Waals surface area contributed by atoms with Crippen LogP contribution >= 0.6 is 11.6 Å². The number of nitrogens with zero attached hydrogens (tertiary/aromatic N) is 1. The van der Waals surface area contributed by atoms with Crippen molar-refractivity contribution in [2.45, 2.75) is 12.3 Å². The Labute approximate surface area is 158 Å². The lowest BCUT2D eigenvalue weighted by Crippen LogP contribution is -2.25. The zero-order chi connectivity index (χ0) is 18.4. The molecule has 0 heterocycles. The highest BCUT2D eigenvalue weighted by atomic mass is 35.5. The van der Waals surface area contributed by atoms with Gasteiger partial charge < -0.3 is 5.84 Å². The summed E-state index contributed by atoms with van der Waals surface area (Å²) >= 11 is 5.96. The first-order valence-electron chi connectivity index (χ1n) is 8.34. The van der Waals surface area contributed by atoms with Crippen molar-refractivity contribution < 1.29 is 4.79 Å². The number of hydrogen-bond acceptors (Lipinski definition) is 3. The number of halogens is 1. The maximum atomic E-state index is 13.3. The van der Waals surface area contributed by atoms with E-state index in [-0.39, 0.29) is 5.78 Å². The number of carbonyl (C=O) groups excluding carboxylic acids is 1. The first kappa shape index (κ1) is 17.9. The summed E-state index contributed by atoms with van der Waals surface area (Å²) in [7, 11) is 0. The fourth-order valence-electron chi connectivity index (χ4n) is 2.95. The molecule has 0 aliphatic heterocycles. The second kappa shape index (κ2) is 8.45. The van der Waals surface area contributed by atoms with Gasteiger partial charge in [0.15, 0.2) is 5.78 Å². The van der Waals surface area contributed by atoms with Crippen molar-refractivity contribution in [3.63, 3.8) is 0 Å². The Bertz CT molecular complexity index is 890. The van der Waals surface area contributed by atoms with E-state index in [0.29, 0.717) is 22.7 Å². The van der Waals surface area contributed by atoms with E-state index in [9.17, 15) is 4.79 Å². The van der Waals surface area contributed by atoms with E-state index in [0.717, 1.165) is 11.1 Å². The maximum Gasteiger partial charge on any atom is 0.176 e. The van der Waals surface area contributed by atoms with Gasteiger partial charge in [0.05, 0.1) is 11.6 Å². The summed E-state index contributed by atoms with van der Waals surface area (Å²) in [5.74, 6) is 5.13. The molecule has 3 rings (SSSR count). The van der Waals surface area contributed by atoms with Crippen LogP contribution in [0, 0.1) is 0 Å². The molecule has 0 saturated carbocycles. The monoisotopic (exact) mass is 362 g/mol. The van der Waals surface area contributed by atoms with Crippen LogP contribution in [-0.4, -0.2) is 11.5 Å². The summed E-state index contributed by atoms with van der Waals surface area (Å²) in [6.45, 7) is 0. The zero-order valence-electron chi connectivity index (χ0n) is 14.2. The van der Waals surface area contributed by atoms with Crippen molar-refractivity contribution in [1.29, 1.82) is 0 Å². The fraction of sp³-hybridized carbons (Fsp3) is 0.0909. The van der Waals surface area contributed by atoms with Gasteiger partial charge in [-0.3, -0.25) is 4.79 Å². The molecule has 0 aliphatic carbocycles. The van der Waals surface area contributed by atoms with Crippen LogP contribution in [-0.2, 0) is 6.42 Å². The summed E-state index contributed by atoms with van der Waals surface area (Å²) in [6, 6.07) is 26.4. The van der Waals surface area contributed by atoms with Crippen LogP contribution in [0.5, 0.6) is 0 Å². The van der Waals surface area contributed by atoms with Gasteiger partial charge in [0.25, 0.3) is 0 Å².